The van der Waals surface area contributed by atoms with Crippen LogP contribution in [0.2, 0.25) is 0 Å². The highest BCUT2D eigenvalue weighted by atomic mass is 16.4. The molecule has 0 aliphatic heterocycles. The standard InChI is InChI=1S/C14H25N5O8/c1-6(21)11(19-10(23)4-15)13(25)17-7(2-3-9(16)22)12(24)18-8(5-20)14(26)27/h6-8,11,20-21H,2-5,15H2,1H3,(H2,16,22)(H,17,25)(H,18,24)(H,19,23)(H,26,27). The van der Waals surface area contributed by atoms with Gasteiger partial charge in [-0.1, -0.05) is 0 Å². The van der Waals surface area contributed by atoms with Gasteiger partial charge in [-0.05, 0) is 13.3 Å². The van der Waals surface area contributed by atoms with Gasteiger partial charge in [-0.25, -0.2) is 4.79 Å². The van der Waals surface area contributed by atoms with Crippen LogP contribution in [0.3, 0.4) is 0 Å². The molecule has 13 heteroatoms. The maximum Gasteiger partial charge on any atom is 0.328 e. The van der Waals surface area contributed by atoms with Crippen molar-refractivity contribution in [2.45, 2.75) is 44.0 Å². The van der Waals surface area contributed by atoms with Gasteiger partial charge < -0.3 is 42.7 Å². The number of aliphatic hydroxyl groups is 2. The minimum Gasteiger partial charge on any atom is -0.480 e. The predicted octanol–water partition coefficient (Wildman–Crippen LogP) is -4.88. The number of nitrogens with two attached hydrogens (primary N) is 2. The lowest BCUT2D eigenvalue weighted by molar-refractivity contribution is -0.143. The van der Waals surface area contributed by atoms with Crippen molar-refractivity contribution in [3.05, 3.63) is 0 Å². The summed E-state index contributed by atoms with van der Waals surface area (Å²) in [4.78, 5) is 57.7. The highest BCUT2D eigenvalue weighted by Crippen LogP contribution is 2.02. The zero-order valence-corrected chi connectivity index (χ0v) is 14.7. The van der Waals surface area contributed by atoms with Crippen LogP contribution in [0.5, 0.6) is 0 Å². The lowest BCUT2D eigenvalue weighted by atomic mass is 10.1. The summed E-state index contributed by atoms with van der Waals surface area (Å²) in [7, 11) is 0. The third kappa shape index (κ3) is 8.94. The number of rotatable bonds is 12. The average molecular weight is 391 g/mol. The first-order chi connectivity index (χ1) is 12.5. The molecule has 0 aliphatic carbocycles. The maximum atomic E-state index is 12.3. The molecule has 13 nitrogen and oxygen atoms in total. The minimum atomic E-state index is -1.63. The zero-order chi connectivity index (χ0) is 21.1. The summed E-state index contributed by atoms with van der Waals surface area (Å²) >= 11 is 0. The molecule has 0 saturated heterocycles. The number of hydrogen-bond donors (Lipinski definition) is 8. The van der Waals surface area contributed by atoms with Crippen LogP contribution < -0.4 is 27.4 Å². The summed E-state index contributed by atoms with van der Waals surface area (Å²) in [6, 6.07) is -4.48. The Kier molecular flexibility index (Phi) is 10.6. The van der Waals surface area contributed by atoms with Gasteiger partial charge in [0.1, 0.15) is 18.1 Å². The van der Waals surface area contributed by atoms with Crippen LogP contribution >= 0.6 is 0 Å². The molecule has 0 radical (unpaired) electrons. The minimum absolute atomic E-state index is 0.276. The van der Waals surface area contributed by atoms with Crippen molar-refractivity contribution >= 4 is 29.6 Å². The van der Waals surface area contributed by atoms with E-state index >= 15 is 0 Å². The van der Waals surface area contributed by atoms with E-state index in [0.717, 1.165) is 0 Å². The number of carboxylic acids is 1. The van der Waals surface area contributed by atoms with Crippen LogP contribution in [0.1, 0.15) is 19.8 Å². The van der Waals surface area contributed by atoms with E-state index in [2.05, 4.69) is 10.6 Å². The van der Waals surface area contributed by atoms with Gasteiger partial charge in [0, 0.05) is 6.42 Å². The Balaban J connectivity index is 5.28. The average Bonchev–Trinajstić information content (AvgIpc) is 2.59. The number of carbonyl (C=O) groups is 5. The van der Waals surface area contributed by atoms with Gasteiger partial charge in [-0.2, -0.15) is 0 Å². The molecule has 0 heterocycles. The van der Waals surface area contributed by atoms with Crippen molar-refractivity contribution < 1.29 is 39.3 Å². The molecule has 0 bridgehead atoms. The van der Waals surface area contributed by atoms with Crippen LogP contribution in [0.15, 0.2) is 0 Å². The monoisotopic (exact) mass is 391 g/mol. The van der Waals surface area contributed by atoms with Crippen molar-refractivity contribution in [1.29, 1.82) is 0 Å². The Bertz CT molecular complexity index is 568. The second kappa shape index (κ2) is 11.8. The summed E-state index contributed by atoms with van der Waals surface area (Å²) in [6.07, 6.45) is -1.93. The van der Waals surface area contributed by atoms with Crippen LogP contribution in [0.25, 0.3) is 0 Å². The van der Waals surface area contributed by atoms with Crippen molar-refractivity contribution in [2.75, 3.05) is 13.2 Å². The van der Waals surface area contributed by atoms with E-state index in [9.17, 15) is 29.1 Å². The maximum absolute atomic E-state index is 12.3. The Morgan fingerprint density at radius 3 is 1.96 bits per heavy atom. The topological polar surface area (TPSA) is 234 Å². The van der Waals surface area contributed by atoms with E-state index in [1.54, 1.807) is 0 Å². The van der Waals surface area contributed by atoms with Gasteiger partial charge in [-0.3, -0.25) is 19.2 Å². The Morgan fingerprint density at radius 2 is 1.56 bits per heavy atom. The summed E-state index contributed by atoms with van der Waals surface area (Å²) < 4.78 is 0. The van der Waals surface area contributed by atoms with Gasteiger partial charge >= 0.3 is 5.97 Å². The first kappa shape index (κ1) is 24.2. The number of aliphatic hydroxyl groups excluding tert-OH is 2. The molecule has 4 unspecified atom stereocenters. The first-order valence-corrected chi connectivity index (χ1v) is 7.93. The first-order valence-electron chi connectivity index (χ1n) is 7.93. The molecule has 0 rings (SSSR count). The normalized spacial score (nSPS) is 15.0. The van der Waals surface area contributed by atoms with E-state index in [1.165, 1.54) is 6.92 Å². The second-order valence-electron chi connectivity index (χ2n) is 5.64. The molecule has 0 aromatic carbocycles. The van der Waals surface area contributed by atoms with Gasteiger partial charge in [0.05, 0.1) is 19.3 Å². The van der Waals surface area contributed by atoms with Gasteiger partial charge in [-0.15, -0.1) is 0 Å². The molecule has 10 N–H and O–H groups in total. The second-order valence-corrected chi connectivity index (χ2v) is 5.64. The summed E-state index contributed by atoms with van der Waals surface area (Å²) in [5.41, 5.74) is 10.1. The molecule has 4 atom stereocenters. The molecule has 0 saturated carbocycles. The molecule has 4 amide bonds. The number of carbonyl (C=O) groups excluding carboxylic acids is 4. The largest absolute Gasteiger partial charge is 0.480 e. The van der Waals surface area contributed by atoms with Gasteiger partial charge in [0.2, 0.25) is 23.6 Å². The van der Waals surface area contributed by atoms with Crippen molar-refractivity contribution in [3.63, 3.8) is 0 Å². The van der Waals surface area contributed by atoms with E-state index in [0.29, 0.717) is 0 Å². The van der Waals surface area contributed by atoms with Crippen LogP contribution in [0.4, 0.5) is 0 Å². The van der Waals surface area contributed by atoms with E-state index in [4.69, 9.17) is 21.7 Å². The smallest absolute Gasteiger partial charge is 0.328 e. The molecular formula is C14H25N5O8. The molecular weight excluding hydrogens is 366 g/mol. The van der Waals surface area contributed by atoms with E-state index in [1.807, 2.05) is 5.32 Å². The number of hydrogen-bond acceptors (Lipinski definition) is 8. The fraction of sp³-hybridized carbons (Fsp3) is 0.643. The number of primary amides is 1. The molecule has 0 aliphatic rings. The van der Waals surface area contributed by atoms with Crippen LogP contribution in [0, 0.1) is 0 Å². The summed E-state index contributed by atoms with van der Waals surface area (Å²) in [6.45, 7) is -0.134. The molecule has 0 fully saturated rings. The highest BCUT2D eigenvalue weighted by molar-refractivity contribution is 5.94. The lowest BCUT2D eigenvalue weighted by Gasteiger charge is -2.25. The van der Waals surface area contributed by atoms with Crippen molar-refractivity contribution in [2.24, 2.45) is 11.5 Å². The quantitative estimate of drug-likeness (QED) is 0.159. The number of amides is 4. The molecule has 0 spiro atoms. The van der Waals surface area contributed by atoms with Gasteiger partial charge in [0.15, 0.2) is 0 Å². The highest BCUT2D eigenvalue weighted by Gasteiger charge is 2.31. The number of carboxylic acid groups (broad SMARTS) is 1. The van der Waals surface area contributed by atoms with Crippen LogP contribution in [-0.2, 0) is 24.0 Å². The predicted molar refractivity (Wildman–Crippen MR) is 89.7 cm³/mol. The van der Waals surface area contributed by atoms with Crippen molar-refractivity contribution in [1.82, 2.24) is 16.0 Å². The summed E-state index contributed by atoms with van der Waals surface area (Å²) in [5, 5.41) is 33.8. The Hall–Kier alpha value is -2.77. The zero-order valence-electron chi connectivity index (χ0n) is 14.7. The third-order valence-electron chi connectivity index (χ3n) is 3.38. The molecule has 154 valence electrons. The van der Waals surface area contributed by atoms with E-state index in [-0.39, 0.29) is 12.8 Å². The fourth-order valence-corrected chi connectivity index (χ4v) is 1.91. The molecule has 27 heavy (non-hydrogen) atoms. The Morgan fingerprint density at radius 1 is 1.00 bits per heavy atom. The SMILES string of the molecule is CC(O)C(NC(=O)CN)C(=O)NC(CCC(N)=O)C(=O)NC(CO)C(=O)O. The van der Waals surface area contributed by atoms with Gasteiger partial charge in [0.25, 0.3) is 0 Å². The van der Waals surface area contributed by atoms with Crippen LogP contribution in [-0.4, -0.2) is 82.3 Å². The number of aliphatic carboxylic acids is 1. The van der Waals surface area contributed by atoms with E-state index < -0.39 is 67.0 Å². The van der Waals surface area contributed by atoms with Crippen molar-refractivity contribution in [3.8, 4) is 0 Å². The Labute approximate surface area is 154 Å². The lowest BCUT2D eigenvalue weighted by Crippen LogP contribution is -2.59. The molecule has 0 aromatic heterocycles. The number of nitrogens with one attached hydrogen (secondary N) is 3. The fourth-order valence-electron chi connectivity index (χ4n) is 1.91. The summed E-state index contributed by atoms with van der Waals surface area (Å²) in [5.74, 6) is -4.99. The molecule has 0 aromatic rings. The third-order valence-corrected chi connectivity index (χ3v) is 3.38.